The molecule has 0 saturated heterocycles. The van der Waals surface area contributed by atoms with Crippen LogP contribution in [-0.2, 0) is 23.2 Å². The third kappa shape index (κ3) is 10.5. The van der Waals surface area contributed by atoms with Crippen molar-refractivity contribution in [3.05, 3.63) is 0 Å². The number of Topliss-reactive ketones (excluding diaryl/α,β-unsaturated/α-hetero) is 1. The number of esters is 1. The highest BCUT2D eigenvalue weighted by atomic mass is 28.4. The zero-order valence-corrected chi connectivity index (χ0v) is 27.9. The van der Waals surface area contributed by atoms with Crippen LogP contribution in [0.2, 0.25) is 36.3 Å². The number of ketones is 1. The van der Waals surface area contributed by atoms with Gasteiger partial charge in [-0.1, -0.05) is 60.8 Å². The highest BCUT2D eigenvalue weighted by Gasteiger charge is 2.51. The number of aliphatic hydroxyl groups excluding tert-OH is 1. The Hall–Kier alpha value is -0.546. The minimum Gasteiger partial charge on any atom is -0.469 e. The number of hydrogen-bond donors (Lipinski definition) is 1. The molecule has 0 spiro atoms. The summed E-state index contributed by atoms with van der Waals surface area (Å²) in [6.07, 6.45) is 7.72. The smallest absolute Gasteiger partial charge is 0.305 e. The van der Waals surface area contributed by atoms with Crippen LogP contribution in [0, 0.1) is 11.8 Å². The minimum atomic E-state index is -2.02. The van der Waals surface area contributed by atoms with Crippen LogP contribution in [0.3, 0.4) is 0 Å². The third-order valence-electron chi connectivity index (χ3n) is 9.30. The first-order chi connectivity index (χ1) is 16.9. The van der Waals surface area contributed by atoms with Gasteiger partial charge in [-0.3, -0.25) is 9.59 Å². The Bertz CT molecular complexity index is 723. The molecule has 0 aromatic carbocycles. The van der Waals surface area contributed by atoms with Crippen molar-refractivity contribution in [2.45, 2.75) is 148 Å². The normalized spacial score (nSPS) is 23.4. The van der Waals surface area contributed by atoms with E-state index in [0.717, 1.165) is 44.9 Å². The highest BCUT2D eigenvalue weighted by molar-refractivity contribution is 6.74. The topological polar surface area (TPSA) is 82.1 Å². The minimum absolute atomic E-state index is 0.0754. The van der Waals surface area contributed by atoms with Gasteiger partial charge in [0.15, 0.2) is 22.4 Å². The monoisotopic (exact) mass is 558 g/mol. The summed E-state index contributed by atoms with van der Waals surface area (Å²) in [4.78, 5) is 23.6. The fourth-order valence-electron chi connectivity index (χ4n) is 4.82. The molecule has 1 N–H and O–H groups in total. The molecule has 0 amide bonds. The molecule has 1 unspecified atom stereocenters. The van der Waals surface area contributed by atoms with Crippen LogP contribution in [0.15, 0.2) is 0 Å². The maximum absolute atomic E-state index is 12.1. The average molecular weight is 559 g/mol. The van der Waals surface area contributed by atoms with E-state index in [-0.39, 0.29) is 40.0 Å². The molecular weight excluding hydrogens is 500 g/mol. The molecule has 4 atom stereocenters. The van der Waals surface area contributed by atoms with Crippen LogP contribution in [0.25, 0.3) is 0 Å². The standard InChI is InChI=1S/C29H58O6Si2/c1-28(2,3)36(8,9)34-25-20-26(35-37(10,11)29(4,5)6)24(19-18-22(31)21-30)23(25)16-14-12-13-15-17-27(32)33-7/h23-26,30H,12-21H2,1-11H3/t23-,24-,25+,26?/m1/s1. The molecule has 6 nitrogen and oxygen atoms in total. The molecular formula is C29H58O6Si2. The number of unbranched alkanes of at least 4 members (excludes halogenated alkanes) is 3. The molecule has 0 heterocycles. The number of carbonyl (C=O) groups is 2. The Kier molecular flexibility index (Phi) is 13.2. The van der Waals surface area contributed by atoms with Gasteiger partial charge in [-0.25, -0.2) is 0 Å². The zero-order valence-electron chi connectivity index (χ0n) is 25.9. The lowest BCUT2D eigenvalue weighted by molar-refractivity contribution is -0.140. The summed E-state index contributed by atoms with van der Waals surface area (Å²) in [5, 5.41) is 9.60. The first kappa shape index (κ1) is 34.5. The summed E-state index contributed by atoms with van der Waals surface area (Å²) in [6.45, 7) is 22.5. The van der Waals surface area contributed by atoms with Gasteiger partial charge in [0.25, 0.3) is 0 Å². The predicted molar refractivity (Wildman–Crippen MR) is 157 cm³/mol. The van der Waals surface area contributed by atoms with E-state index in [0.29, 0.717) is 18.8 Å². The second-order valence-corrected chi connectivity index (χ2v) is 23.7. The van der Waals surface area contributed by atoms with E-state index in [2.05, 4.69) is 67.7 Å². The summed E-state index contributed by atoms with van der Waals surface area (Å²) in [5.41, 5.74) is 0. The summed E-state index contributed by atoms with van der Waals surface area (Å²) in [6, 6.07) is 0. The molecule has 218 valence electrons. The van der Waals surface area contributed by atoms with Crippen molar-refractivity contribution in [3.8, 4) is 0 Å². The summed E-state index contributed by atoms with van der Waals surface area (Å²) < 4.78 is 18.9. The van der Waals surface area contributed by atoms with Crippen LogP contribution in [0.5, 0.6) is 0 Å². The van der Waals surface area contributed by atoms with Gasteiger partial charge < -0.3 is 18.7 Å². The molecule has 1 saturated carbocycles. The van der Waals surface area contributed by atoms with E-state index in [1.54, 1.807) is 0 Å². The van der Waals surface area contributed by atoms with Crippen LogP contribution in [0.4, 0.5) is 0 Å². The fourth-order valence-corrected chi connectivity index (χ4v) is 7.59. The van der Waals surface area contributed by atoms with Crippen molar-refractivity contribution in [2.24, 2.45) is 11.8 Å². The maximum Gasteiger partial charge on any atom is 0.305 e. The lowest BCUT2D eigenvalue weighted by Gasteiger charge is -2.40. The number of rotatable bonds is 15. The molecule has 1 rings (SSSR count). The second kappa shape index (κ2) is 14.2. The van der Waals surface area contributed by atoms with E-state index in [1.807, 2.05) is 0 Å². The van der Waals surface area contributed by atoms with E-state index >= 15 is 0 Å². The van der Waals surface area contributed by atoms with Crippen molar-refractivity contribution in [1.82, 2.24) is 0 Å². The third-order valence-corrected chi connectivity index (χ3v) is 18.3. The van der Waals surface area contributed by atoms with Crippen molar-refractivity contribution < 1.29 is 28.3 Å². The predicted octanol–water partition coefficient (Wildman–Crippen LogP) is 7.26. The van der Waals surface area contributed by atoms with Gasteiger partial charge in [0.1, 0.15) is 6.61 Å². The van der Waals surface area contributed by atoms with Crippen LogP contribution < -0.4 is 0 Å². The zero-order chi connectivity index (χ0) is 28.7. The maximum atomic E-state index is 12.1. The molecule has 1 aliphatic carbocycles. The van der Waals surface area contributed by atoms with Gasteiger partial charge >= 0.3 is 5.97 Å². The summed E-state index contributed by atoms with van der Waals surface area (Å²) in [7, 11) is -2.57. The average Bonchev–Trinajstić information content (AvgIpc) is 3.06. The van der Waals surface area contributed by atoms with Gasteiger partial charge in [-0.05, 0) is 73.8 Å². The lowest BCUT2D eigenvalue weighted by atomic mass is 9.85. The van der Waals surface area contributed by atoms with Crippen LogP contribution in [-0.4, -0.2) is 59.4 Å². The van der Waals surface area contributed by atoms with E-state index in [1.165, 1.54) is 7.11 Å². The van der Waals surface area contributed by atoms with E-state index in [4.69, 9.17) is 13.6 Å². The fraction of sp³-hybridized carbons (Fsp3) is 0.931. The van der Waals surface area contributed by atoms with E-state index < -0.39 is 23.2 Å². The van der Waals surface area contributed by atoms with Gasteiger partial charge in [0.05, 0.1) is 19.3 Å². The largest absolute Gasteiger partial charge is 0.469 e. The quantitative estimate of drug-likeness (QED) is 0.129. The summed E-state index contributed by atoms with van der Waals surface area (Å²) in [5.74, 6) is 0.338. The lowest BCUT2D eigenvalue weighted by Crippen LogP contribution is -2.45. The number of hydrogen-bond acceptors (Lipinski definition) is 6. The molecule has 0 aromatic heterocycles. The molecule has 0 aromatic rings. The van der Waals surface area contributed by atoms with Crippen molar-refractivity contribution in [3.63, 3.8) is 0 Å². The van der Waals surface area contributed by atoms with Crippen molar-refractivity contribution in [1.29, 1.82) is 0 Å². The Labute approximate surface area is 229 Å². The Morgan fingerprint density at radius 3 is 1.65 bits per heavy atom. The first-order valence-electron chi connectivity index (χ1n) is 14.4. The van der Waals surface area contributed by atoms with Gasteiger partial charge in [-0.15, -0.1) is 0 Å². The highest BCUT2D eigenvalue weighted by Crippen LogP contribution is 2.48. The van der Waals surface area contributed by atoms with Crippen LogP contribution in [0.1, 0.15) is 99.3 Å². The number of aliphatic hydroxyl groups is 1. The Balaban J connectivity index is 3.15. The summed E-state index contributed by atoms with van der Waals surface area (Å²) >= 11 is 0. The van der Waals surface area contributed by atoms with Crippen molar-refractivity contribution in [2.75, 3.05) is 13.7 Å². The van der Waals surface area contributed by atoms with Crippen LogP contribution >= 0.6 is 0 Å². The molecule has 1 aliphatic rings. The first-order valence-corrected chi connectivity index (χ1v) is 20.2. The number of carbonyl (C=O) groups excluding carboxylic acids is 2. The molecule has 1 fully saturated rings. The number of ether oxygens (including phenoxy) is 1. The van der Waals surface area contributed by atoms with E-state index in [9.17, 15) is 14.7 Å². The van der Waals surface area contributed by atoms with Gasteiger partial charge in [-0.2, -0.15) is 0 Å². The Morgan fingerprint density at radius 1 is 0.757 bits per heavy atom. The number of methoxy groups -OCH3 is 1. The molecule has 8 heteroatoms. The molecule has 0 aliphatic heterocycles. The Morgan fingerprint density at radius 2 is 1.22 bits per heavy atom. The SMILES string of the molecule is COC(=O)CCCCCC[C@H]1[C@@H](O[Si](C)(C)C(C)(C)C)CC(O[Si](C)(C)C(C)(C)C)[C@@H]1CCC(=O)CO. The molecule has 37 heavy (non-hydrogen) atoms. The molecule has 0 bridgehead atoms. The van der Waals surface area contributed by atoms with Crippen molar-refractivity contribution >= 4 is 28.4 Å². The van der Waals surface area contributed by atoms with Gasteiger partial charge in [0.2, 0.25) is 0 Å². The second-order valence-electron chi connectivity index (χ2n) is 14.2. The molecule has 0 radical (unpaired) electrons. The van der Waals surface area contributed by atoms with Gasteiger partial charge in [0, 0.05) is 12.8 Å².